The average molecular weight is 280 g/mol. The first kappa shape index (κ1) is 14.6. The number of nitrogens with one attached hydrogen (secondary N) is 2. The number of benzene rings is 1. The van der Waals surface area contributed by atoms with E-state index in [1.54, 1.807) is 7.11 Å². The van der Waals surface area contributed by atoms with Crippen LogP contribution in [0.25, 0.3) is 0 Å². The highest BCUT2D eigenvalue weighted by Crippen LogP contribution is 2.14. The molecule has 6 nitrogen and oxygen atoms in total. The standard InChI is InChI=1S/C14H20N2O4/c1-18-6-5-15-8-11-3-2-4-12(7-11)19-10-13-9-16-14(17)20-13/h2-4,7,13,15H,5-6,8-10H2,1H3,(H,16,17). The third kappa shape index (κ3) is 4.71. The molecule has 1 aliphatic heterocycles. The van der Waals surface area contributed by atoms with Gasteiger partial charge in [-0.1, -0.05) is 12.1 Å². The summed E-state index contributed by atoms with van der Waals surface area (Å²) in [4.78, 5) is 10.9. The number of rotatable bonds is 8. The number of carbonyl (C=O) groups excluding carboxylic acids is 1. The molecule has 1 saturated heterocycles. The number of hydrogen-bond acceptors (Lipinski definition) is 5. The van der Waals surface area contributed by atoms with E-state index in [0.717, 1.165) is 24.4 Å². The molecule has 0 radical (unpaired) electrons. The Kier molecular flexibility index (Phi) is 5.64. The normalized spacial score (nSPS) is 17.6. The van der Waals surface area contributed by atoms with Gasteiger partial charge < -0.3 is 24.8 Å². The van der Waals surface area contributed by atoms with Gasteiger partial charge in [-0.15, -0.1) is 0 Å². The van der Waals surface area contributed by atoms with Crippen molar-refractivity contribution in [2.75, 3.05) is 33.4 Å². The molecule has 0 saturated carbocycles. The summed E-state index contributed by atoms with van der Waals surface area (Å²) in [6, 6.07) is 7.85. The first-order valence-corrected chi connectivity index (χ1v) is 6.64. The Balaban J connectivity index is 1.75. The molecule has 1 atom stereocenters. The second kappa shape index (κ2) is 7.72. The lowest BCUT2D eigenvalue weighted by Gasteiger charge is -2.11. The molecule has 1 aromatic carbocycles. The largest absolute Gasteiger partial charge is 0.490 e. The maximum atomic E-state index is 10.9. The molecule has 1 aromatic rings. The number of methoxy groups -OCH3 is 1. The first-order valence-electron chi connectivity index (χ1n) is 6.64. The molecule has 2 N–H and O–H groups in total. The smallest absolute Gasteiger partial charge is 0.407 e. The van der Waals surface area contributed by atoms with Gasteiger partial charge in [0.25, 0.3) is 0 Å². The molecule has 20 heavy (non-hydrogen) atoms. The lowest BCUT2D eigenvalue weighted by molar-refractivity contribution is 0.105. The van der Waals surface area contributed by atoms with Gasteiger partial charge in [0.1, 0.15) is 12.4 Å². The Morgan fingerprint density at radius 1 is 1.50 bits per heavy atom. The third-order valence-corrected chi connectivity index (χ3v) is 2.89. The van der Waals surface area contributed by atoms with E-state index in [0.29, 0.717) is 19.8 Å². The van der Waals surface area contributed by atoms with Crippen molar-refractivity contribution in [2.24, 2.45) is 0 Å². The van der Waals surface area contributed by atoms with Gasteiger partial charge in [-0.3, -0.25) is 0 Å². The van der Waals surface area contributed by atoms with Crippen LogP contribution < -0.4 is 15.4 Å². The molecule has 0 aromatic heterocycles. The molecule has 1 fully saturated rings. The van der Waals surface area contributed by atoms with Crippen molar-refractivity contribution in [2.45, 2.75) is 12.6 Å². The van der Waals surface area contributed by atoms with Crippen LogP contribution in [0.3, 0.4) is 0 Å². The fraction of sp³-hybridized carbons (Fsp3) is 0.500. The molecule has 1 aliphatic rings. The van der Waals surface area contributed by atoms with E-state index < -0.39 is 0 Å². The van der Waals surface area contributed by atoms with Gasteiger partial charge in [0.2, 0.25) is 0 Å². The molecule has 2 rings (SSSR count). The van der Waals surface area contributed by atoms with Crippen LogP contribution in [0, 0.1) is 0 Å². The number of amides is 1. The number of cyclic esters (lactones) is 1. The molecular formula is C14H20N2O4. The lowest BCUT2D eigenvalue weighted by atomic mass is 10.2. The highest BCUT2D eigenvalue weighted by atomic mass is 16.6. The zero-order valence-corrected chi connectivity index (χ0v) is 11.6. The van der Waals surface area contributed by atoms with Gasteiger partial charge in [-0.25, -0.2) is 4.79 Å². The van der Waals surface area contributed by atoms with E-state index in [1.165, 1.54) is 0 Å². The van der Waals surface area contributed by atoms with Gasteiger partial charge >= 0.3 is 6.09 Å². The van der Waals surface area contributed by atoms with Crippen LogP contribution in [0.2, 0.25) is 0 Å². The van der Waals surface area contributed by atoms with E-state index >= 15 is 0 Å². The molecule has 1 heterocycles. The van der Waals surface area contributed by atoms with Crippen LogP contribution >= 0.6 is 0 Å². The summed E-state index contributed by atoms with van der Waals surface area (Å²) in [7, 11) is 1.68. The van der Waals surface area contributed by atoms with E-state index in [-0.39, 0.29) is 12.2 Å². The van der Waals surface area contributed by atoms with Crippen molar-refractivity contribution in [1.29, 1.82) is 0 Å². The van der Waals surface area contributed by atoms with Crippen molar-refractivity contribution >= 4 is 6.09 Å². The van der Waals surface area contributed by atoms with Gasteiger partial charge in [-0.2, -0.15) is 0 Å². The molecule has 110 valence electrons. The number of alkyl carbamates (subject to hydrolysis) is 1. The summed E-state index contributed by atoms with van der Waals surface area (Å²) in [6.45, 7) is 3.12. The maximum absolute atomic E-state index is 10.9. The van der Waals surface area contributed by atoms with E-state index in [1.807, 2.05) is 24.3 Å². The summed E-state index contributed by atoms with van der Waals surface area (Å²) >= 11 is 0. The number of ether oxygens (including phenoxy) is 3. The second-order valence-electron chi connectivity index (χ2n) is 4.54. The van der Waals surface area contributed by atoms with Crippen LogP contribution in [0.1, 0.15) is 5.56 Å². The Bertz CT molecular complexity index is 439. The van der Waals surface area contributed by atoms with E-state index in [4.69, 9.17) is 14.2 Å². The minimum Gasteiger partial charge on any atom is -0.490 e. The summed E-state index contributed by atoms with van der Waals surface area (Å²) in [6.07, 6.45) is -0.597. The van der Waals surface area contributed by atoms with Gasteiger partial charge in [0, 0.05) is 20.2 Å². The third-order valence-electron chi connectivity index (χ3n) is 2.89. The average Bonchev–Trinajstić information content (AvgIpc) is 2.88. The quantitative estimate of drug-likeness (QED) is 0.693. The molecule has 0 spiro atoms. The Morgan fingerprint density at radius 3 is 3.15 bits per heavy atom. The fourth-order valence-electron chi connectivity index (χ4n) is 1.87. The Labute approximate surface area is 118 Å². The minimum absolute atomic E-state index is 0.217. The Hall–Kier alpha value is -1.79. The predicted molar refractivity (Wildman–Crippen MR) is 73.8 cm³/mol. The monoisotopic (exact) mass is 280 g/mol. The maximum Gasteiger partial charge on any atom is 0.407 e. The van der Waals surface area contributed by atoms with Crippen molar-refractivity contribution in [3.05, 3.63) is 29.8 Å². The second-order valence-corrected chi connectivity index (χ2v) is 4.54. The van der Waals surface area contributed by atoms with Gasteiger partial charge in [0.05, 0.1) is 13.2 Å². The zero-order valence-electron chi connectivity index (χ0n) is 11.6. The summed E-state index contributed by atoms with van der Waals surface area (Å²) in [5.41, 5.74) is 1.14. The highest BCUT2D eigenvalue weighted by molar-refractivity contribution is 5.69. The zero-order chi connectivity index (χ0) is 14.2. The summed E-state index contributed by atoms with van der Waals surface area (Å²) in [5.74, 6) is 0.777. The van der Waals surface area contributed by atoms with Crippen LogP contribution in [-0.4, -0.2) is 45.6 Å². The summed E-state index contributed by atoms with van der Waals surface area (Å²) in [5, 5.41) is 5.87. The molecule has 0 bridgehead atoms. The highest BCUT2D eigenvalue weighted by Gasteiger charge is 2.22. The fourth-order valence-corrected chi connectivity index (χ4v) is 1.87. The van der Waals surface area contributed by atoms with Crippen molar-refractivity contribution < 1.29 is 19.0 Å². The molecule has 6 heteroatoms. The predicted octanol–water partition coefficient (Wildman–Crippen LogP) is 0.910. The molecule has 1 unspecified atom stereocenters. The van der Waals surface area contributed by atoms with Crippen molar-refractivity contribution in [1.82, 2.24) is 10.6 Å². The van der Waals surface area contributed by atoms with Crippen LogP contribution in [0.15, 0.2) is 24.3 Å². The lowest BCUT2D eigenvalue weighted by Crippen LogP contribution is -2.22. The molecule has 1 amide bonds. The van der Waals surface area contributed by atoms with Gasteiger partial charge in [0.15, 0.2) is 6.10 Å². The minimum atomic E-state index is -0.380. The van der Waals surface area contributed by atoms with Gasteiger partial charge in [-0.05, 0) is 17.7 Å². The topological polar surface area (TPSA) is 68.8 Å². The number of hydrogen-bond donors (Lipinski definition) is 2. The molecule has 0 aliphatic carbocycles. The van der Waals surface area contributed by atoms with Crippen molar-refractivity contribution in [3.63, 3.8) is 0 Å². The molecular weight excluding hydrogens is 260 g/mol. The SMILES string of the molecule is COCCNCc1cccc(OCC2CNC(=O)O2)c1. The van der Waals surface area contributed by atoms with Crippen LogP contribution in [-0.2, 0) is 16.0 Å². The van der Waals surface area contributed by atoms with Crippen LogP contribution in [0.4, 0.5) is 4.79 Å². The summed E-state index contributed by atoms with van der Waals surface area (Å²) < 4.78 is 15.6. The van der Waals surface area contributed by atoms with E-state index in [9.17, 15) is 4.79 Å². The van der Waals surface area contributed by atoms with Crippen molar-refractivity contribution in [3.8, 4) is 5.75 Å². The Morgan fingerprint density at radius 2 is 2.40 bits per heavy atom. The van der Waals surface area contributed by atoms with E-state index in [2.05, 4.69) is 10.6 Å². The first-order chi connectivity index (χ1) is 9.78. The number of carbonyl (C=O) groups is 1. The van der Waals surface area contributed by atoms with Crippen LogP contribution in [0.5, 0.6) is 5.75 Å².